The molecule has 120 valence electrons. The van der Waals surface area contributed by atoms with Crippen molar-refractivity contribution in [2.75, 3.05) is 6.54 Å². The number of unbranched alkanes of at least 4 members (excludes halogenated alkanes) is 11. The van der Waals surface area contributed by atoms with Crippen LogP contribution >= 0.6 is 0 Å². The molecule has 1 N–H and O–H groups in total. The molecule has 0 bridgehead atoms. The van der Waals surface area contributed by atoms with Gasteiger partial charge < -0.3 is 5.32 Å². The lowest BCUT2D eigenvalue weighted by Crippen LogP contribution is -2.13. The van der Waals surface area contributed by atoms with E-state index in [2.05, 4.69) is 25.7 Å². The summed E-state index contributed by atoms with van der Waals surface area (Å²) in [4.78, 5) is 0. The van der Waals surface area contributed by atoms with E-state index in [4.69, 9.17) is 0 Å². The molecule has 0 aliphatic carbocycles. The van der Waals surface area contributed by atoms with Crippen molar-refractivity contribution in [3.8, 4) is 0 Å². The van der Waals surface area contributed by atoms with Crippen molar-refractivity contribution in [2.45, 2.75) is 104 Å². The molecule has 0 spiro atoms. The Morgan fingerprint density at radius 1 is 0.650 bits per heavy atom. The first-order valence-corrected chi connectivity index (χ1v) is 9.22. The molecule has 0 heterocycles. The average molecular weight is 282 g/mol. The average Bonchev–Trinajstić information content (AvgIpc) is 2.45. The molecule has 0 aromatic heterocycles. The monoisotopic (exact) mass is 281 g/mol. The summed E-state index contributed by atoms with van der Waals surface area (Å²) in [6, 6.07) is 0. The molecular formula is C19H39N. The molecule has 0 atom stereocenters. The molecule has 0 amide bonds. The summed E-state index contributed by atoms with van der Waals surface area (Å²) in [6.07, 6.45) is 19.2. The van der Waals surface area contributed by atoms with Crippen molar-refractivity contribution < 1.29 is 0 Å². The zero-order valence-corrected chi connectivity index (χ0v) is 14.3. The zero-order valence-electron chi connectivity index (χ0n) is 14.3. The van der Waals surface area contributed by atoms with Gasteiger partial charge in [0.25, 0.3) is 0 Å². The van der Waals surface area contributed by atoms with Gasteiger partial charge in [-0.05, 0) is 19.3 Å². The summed E-state index contributed by atoms with van der Waals surface area (Å²) in [5.41, 5.74) is 1.24. The first kappa shape index (κ1) is 19.5. The van der Waals surface area contributed by atoms with Gasteiger partial charge in [-0.1, -0.05) is 91.1 Å². The maximum absolute atomic E-state index is 4.10. The molecule has 0 fully saturated rings. The highest BCUT2D eigenvalue weighted by Gasteiger charge is 1.95. The van der Waals surface area contributed by atoms with Crippen LogP contribution in [0.4, 0.5) is 0 Å². The van der Waals surface area contributed by atoms with Gasteiger partial charge in [0.1, 0.15) is 0 Å². The minimum atomic E-state index is 1.13. The molecule has 20 heavy (non-hydrogen) atoms. The van der Waals surface area contributed by atoms with Gasteiger partial charge in [-0.25, -0.2) is 0 Å². The number of nitrogens with one attached hydrogen (secondary N) is 1. The lowest BCUT2D eigenvalue weighted by molar-refractivity contribution is 0.549. The lowest BCUT2D eigenvalue weighted by atomic mass is 10.1. The van der Waals surface area contributed by atoms with Gasteiger partial charge in [-0.15, -0.1) is 0 Å². The molecule has 1 heteroatoms. The second-order valence-corrected chi connectivity index (χ2v) is 6.17. The summed E-state index contributed by atoms with van der Waals surface area (Å²) in [7, 11) is 0. The highest BCUT2D eigenvalue weighted by molar-refractivity contribution is 4.90. The van der Waals surface area contributed by atoms with Crippen LogP contribution < -0.4 is 5.32 Å². The molecular weight excluding hydrogens is 242 g/mol. The van der Waals surface area contributed by atoms with E-state index in [1.54, 1.807) is 0 Å². The Hall–Kier alpha value is -0.460. The maximum Gasteiger partial charge on any atom is 0.0143 e. The second-order valence-electron chi connectivity index (χ2n) is 6.17. The van der Waals surface area contributed by atoms with Crippen LogP contribution in [0, 0.1) is 0 Å². The Kier molecular flexibility index (Phi) is 16.2. The zero-order chi connectivity index (χ0) is 14.9. The molecule has 0 aliphatic rings. The lowest BCUT2D eigenvalue weighted by Gasteiger charge is -2.09. The standard InChI is InChI=1S/C19H39N/c1-4-6-8-9-10-11-12-13-14-16-18-20-19(3)17-15-7-5-2/h20H,3-18H2,1-2H3. The van der Waals surface area contributed by atoms with Crippen molar-refractivity contribution >= 4 is 0 Å². The van der Waals surface area contributed by atoms with Gasteiger partial charge in [0.15, 0.2) is 0 Å². The molecule has 0 aromatic carbocycles. The van der Waals surface area contributed by atoms with Gasteiger partial charge in [-0.3, -0.25) is 0 Å². The molecule has 0 aromatic rings. The van der Waals surface area contributed by atoms with Crippen LogP contribution in [0.25, 0.3) is 0 Å². The van der Waals surface area contributed by atoms with E-state index in [0.717, 1.165) is 13.0 Å². The van der Waals surface area contributed by atoms with E-state index in [-0.39, 0.29) is 0 Å². The minimum absolute atomic E-state index is 1.13. The van der Waals surface area contributed by atoms with Crippen LogP contribution in [0.5, 0.6) is 0 Å². The molecule has 0 aliphatic heterocycles. The minimum Gasteiger partial charge on any atom is -0.389 e. The summed E-state index contributed by atoms with van der Waals surface area (Å²) < 4.78 is 0. The molecule has 0 saturated heterocycles. The van der Waals surface area contributed by atoms with Crippen molar-refractivity contribution in [3.05, 3.63) is 12.3 Å². The summed E-state index contributed by atoms with van der Waals surface area (Å²) >= 11 is 0. The highest BCUT2D eigenvalue weighted by Crippen LogP contribution is 2.10. The first-order chi connectivity index (χ1) is 9.81. The van der Waals surface area contributed by atoms with E-state index < -0.39 is 0 Å². The summed E-state index contributed by atoms with van der Waals surface area (Å²) in [6.45, 7) is 9.76. The van der Waals surface area contributed by atoms with Crippen LogP contribution in [0.3, 0.4) is 0 Å². The first-order valence-electron chi connectivity index (χ1n) is 9.22. The highest BCUT2D eigenvalue weighted by atomic mass is 14.9. The summed E-state index contributed by atoms with van der Waals surface area (Å²) in [5, 5.41) is 3.47. The van der Waals surface area contributed by atoms with Gasteiger partial charge in [0.05, 0.1) is 0 Å². The van der Waals surface area contributed by atoms with Crippen LogP contribution in [0.1, 0.15) is 104 Å². The topological polar surface area (TPSA) is 12.0 Å². The van der Waals surface area contributed by atoms with Gasteiger partial charge in [0.2, 0.25) is 0 Å². The fraction of sp³-hybridized carbons (Fsp3) is 0.895. The number of hydrogen-bond acceptors (Lipinski definition) is 1. The Labute approximate surface area is 128 Å². The SMILES string of the molecule is C=C(CCCCC)NCCCCCCCCCCCC. The number of hydrogen-bond donors (Lipinski definition) is 1. The Morgan fingerprint density at radius 3 is 1.65 bits per heavy atom. The van der Waals surface area contributed by atoms with Gasteiger partial charge in [0, 0.05) is 12.2 Å². The van der Waals surface area contributed by atoms with Crippen molar-refractivity contribution in [3.63, 3.8) is 0 Å². The molecule has 1 nitrogen and oxygen atoms in total. The predicted octanol–water partition coefficient (Wildman–Crippen LogP) is 6.59. The molecule has 0 rings (SSSR count). The van der Waals surface area contributed by atoms with Crippen LogP contribution in [0.2, 0.25) is 0 Å². The predicted molar refractivity (Wildman–Crippen MR) is 93.1 cm³/mol. The third kappa shape index (κ3) is 15.6. The third-order valence-electron chi connectivity index (χ3n) is 3.99. The van der Waals surface area contributed by atoms with Crippen molar-refractivity contribution in [1.29, 1.82) is 0 Å². The fourth-order valence-electron chi connectivity index (χ4n) is 2.55. The maximum atomic E-state index is 4.10. The van der Waals surface area contributed by atoms with Crippen molar-refractivity contribution in [2.24, 2.45) is 0 Å². The van der Waals surface area contributed by atoms with E-state index in [1.165, 1.54) is 89.2 Å². The molecule has 0 unspecified atom stereocenters. The van der Waals surface area contributed by atoms with Crippen LogP contribution in [-0.4, -0.2) is 6.54 Å². The Bertz CT molecular complexity index is 198. The fourth-order valence-corrected chi connectivity index (χ4v) is 2.55. The van der Waals surface area contributed by atoms with E-state index in [1.807, 2.05) is 0 Å². The number of allylic oxidation sites excluding steroid dienone is 1. The third-order valence-corrected chi connectivity index (χ3v) is 3.99. The van der Waals surface area contributed by atoms with Gasteiger partial charge in [-0.2, -0.15) is 0 Å². The smallest absolute Gasteiger partial charge is 0.0143 e. The molecule has 0 radical (unpaired) electrons. The van der Waals surface area contributed by atoms with Gasteiger partial charge >= 0.3 is 0 Å². The normalized spacial score (nSPS) is 10.7. The van der Waals surface area contributed by atoms with Crippen molar-refractivity contribution in [1.82, 2.24) is 5.32 Å². The molecule has 0 saturated carbocycles. The Morgan fingerprint density at radius 2 is 1.10 bits per heavy atom. The number of rotatable bonds is 16. The second kappa shape index (κ2) is 16.6. The quantitative estimate of drug-likeness (QED) is 0.315. The van der Waals surface area contributed by atoms with E-state index in [9.17, 15) is 0 Å². The van der Waals surface area contributed by atoms with Crippen LogP contribution in [-0.2, 0) is 0 Å². The Balaban J connectivity index is 3.07. The largest absolute Gasteiger partial charge is 0.389 e. The van der Waals surface area contributed by atoms with E-state index in [0.29, 0.717) is 0 Å². The van der Waals surface area contributed by atoms with E-state index >= 15 is 0 Å². The summed E-state index contributed by atoms with van der Waals surface area (Å²) in [5.74, 6) is 0. The van der Waals surface area contributed by atoms with Crippen LogP contribution in [0.15, 0.2) is 12.3 Å².